The van der Waals surface area contributed by atoms with Crippen LogP contribution >= 0.6 is 0 Å². The smallest absolute Gasteiger partial charge is 0.385 e. The zero-order chi connectivity index (χ0) is 18.0. The number of benzene rings is 2. The monoisotopic (exact) mass is 365 g/mol. The van der Waals surface area contributed by atoms with Crippen molar-refractivity contribution in [2.24, 2.45) is 0 Å². The van der Waals surface area contributed by atoms with Crippen molar-refractivity contribution < 1.29 is 21.6 Å². The normalized spacial score (nSPS) is 16.2. The molecule has 0 saturated carbocycles. The Bertz CT molecular complexity index is 986. The number of ketones is 1. The molecule has 1 aliphatic rings. The molecule has 2 aromatic rings. The van der Waals surface area contributed by atoms with Gasteiger partial charge in [-0.25, -0.2) is 16.8 Å². The van der Waals surface area contributed by atoms with E-state index in [0.717, 1.165) is 0 Å². The van der Waals surface area contributed by atoms with E-state index in [0.29, 0.717) is 11.3 Å². The van der Waals surface area contributed by atoms with E-state index in [1.54, 1.807) is 24.3 Å². The first-order chi connectivity index (χ1) is 11.2. The second-order valence-electron chi connectivity index (χ2n) is 4.67. The summed E-state index contributed by atoms with van der Waals surface area (Å²) in [6.07, 6.45) is 0. The van der Waals surface area contributed by atoms with Gasteiger partial charge in [-0.1, -0.05) is 12.1 Å². The number of nitrogens with zero attached hydrogens (tertiary/aromatic N) is 3. The van der Waals surface area contributed by atoms with E-state index in [4.69, 9.17) is 5.39 Å². The summed E-state index contributed by atoms with van der Waals surface area (Å²) in [7, 11) is -7.95. The first-order valence-corrected chi connectivity index (χ1v) is 9.35. The molecule has 0 aromatic heterocycles. The van der Waals surface area contributed by atoms with Crippen LogP contribution in [0.4, 0.5) is 5.69 Å². The molecule has 0 unspecified atom stereocenters. The fraction of sp³-hybridized carbons (Fsp3) is 0.0714. The Morgan fingerprint density at radius 2 is 1.38 bits per heavy atom. The molecule has 24 heavy (non-hydrogen) atoms. The van der Waals surface area contributed by atoms with Gasteiger partial charge in [-0.3, -0.25) is 4.79 Å². The Labute approximate surface area is 138 Å². The molecule has 10 heteroatoms. The Kier molecular flexibility index (Phi) is 4.79. The van der Waals surface area contributed by atoms with Crippen LogP contribution in [0.15, 0.2) is 58.3 Å². The summed E-state index contributed by atoms with van der Waals surface area (Å²) in [5.41, 5.74) is 1.08. The summed E-state index contributed by atoms with van der Waals surface area (Å²) in [4.78, 5) is 13.2. The number of fused-ring (bicyclic) bond motifs is 1. The quantitative estimate of drug-likeness (QED) is 0.564. The molecular weight excluding hydrogens is 354 g/mol. The van der Waals surface area contributed by atoms with Crippen molar-refractivity contribution in [3.63, 3.8) is 0 Å². The summed E-state index contributed by atoms with van der Waals surface area (Å²) in [6.45, 7) is 1.49. The fourth-order valence-corrected chi connectivity index (χ4v) is 5.30. The molecule has 0 bridgehead atoms. The molecule has 8 nitrogen and oxygen atoms in total. The van der Waals surface area contributed by atoms with Crippen LogP contribution in [0.3, 0.4) is 0 Å². The number of diazo groups is 1. The van der Waals surface area contributed by atoms with Crippen molar-refractivity contribution in [2.45, 2.75) is 16.7 Å². The Morgan fingerprint density at radius 1 is 0.917 bits per heavy atom. The van der Waals surface area contributed by atoms with Gasteiger partial charge >= 0.3 is 5.69 Å². The van der Waals surface area contributed by atoms with Crippen molar-refractivity contribution >= 4 is 31.5 Å². The van der Waals surface area contributed by atoms with Crippen LogP contribution in [-0.2, 0) is 20.0 Å². The highest BCUT2D eigenvalue weighted by Crippen LogP contribution is 2.37. The van der Waals surface area contributed by atoms with Gasteiger partial charge in [-0.05, 0) is 31.2 Å². The second-order valence-corrected chi connectivity index (χ2v) is 8.05. The summed E-state index contributed by atoms with van der Waals surface area (Å²) in [5.74, 6) is 0.00879. The Balaban J connectivity index is 0.000000177. The van der Waals surface area contributed by atoms with Crippen molar-refractivity contribution in [2.75, 3.05) is 0 Å². The molecule has 0 saturated heterocycles. The number of hydrogen-bond donors (Lipinski definition) is 0. The maximum atomic E-state index is 11.1. The average molecular weight is 365 g/mol. The summed E-state index contributed by atoms with van der Waals surface area (Å²) in [6, 6.07) is 11.7. The van der Waals surface area contributed by atoms with Gasteiger partial charge in [0, 0.05) is 17.7 Å². The molecule has 0 N–H and O–H groups in total. The van der Waals surface area contributed by atoms with Crippen LogP contribution in [0.5, 0.6) is 0 Å². The van der Waals surface area contributed by atoms with Crippen molar-refractivity contribution in [3.05, 3.63) is 63.2 Å². The lowest BCUT2D eigenvalue weighted by atomic mass is 10.1. The van der Waals surface area contributed by atoms with Gasteiger partial charge in [0.15, 0.2) is 10.8 Å². The van der Waals surface area contributed by atoms with Crippen LogP contribution in [0.1, 0.15) is 17.3 Å². The van der Waals surface area contributed by atoms with Crippen LogP contribution in [0.25, 0.3) is 9.10 Å². The van der Waals surface area contributed by atoms with E-state index < -0.39 is 20.0 Å². The fourth-order valence-electron chi connectivity index (χ4n) is 1.85. The molecule has 1 aliphatic heterocycles. The molecule has 0 aliphatic carbocycles. The van der Waals surface area contributed by atoms with E-state index in [-0.39, 0.29) is 15.6 Å². The number of rotatable bonds is 1. The van der Waals surface area contributed by atoms with Gasteiger partial charge in [-0.15, -0.1) is 0 Å². The van der Waals surface area contributed by atoms with Gasteiger partial charge < -0.3 is 4.13 Å². The van der Waals surface area contributed by atoms with Gasteiger partial charge in [-0.2, -0.15) is 0 Å². The van der Waals surface area contributed by atoms with E-state index in [1.807, 2.05) is 0 Å². The zero-order valence-corrected chi connectivity index (χ0v) is 14.0. The minimum atomic E-state index is -3.98. The van der Waals surface area contributed by atoms with Gasteiger partial charge in [0.25, 0.3) is 0 Å². The van der Waals surface area contributed by atoms with Crippen LogP contribution in [0, 0.1) is 5.39 Å². The molecule has 0 radical (unpaired) electrons. The van der Waals surface area contributed by atoms with Crippen LogP contribution < -0.4 is 0 Å². The largest absolute Gasteiger partial charge is 0.428 e. The highest BCUT2D eigenvalue weighted by Gasteiger charge is 2.26. The molecule has 3 rings (SSSR count). The maximum Gasteiger partial charge on any atom is 0.385 e. The predicted octanol–water partition coefficient (Wildman–Crippen LogP) is 2.83. The number of sulfonamides is 2. The SMILES string of the molecule is CC(=O)c1ccc([N+]#N)cc1.O=S1(=O)[N-]S(=O)(=O)c2ccccc21. The van der Waals surface area contributed by atoms with Crippen molar-refractivity contribution in [1.82, 2.24) is 0 Å². The third-order valence-electron chi connectivity index (χ3n) is 2.99. The lowest BCUT2D eigenvalue weighted by Gasteiger charge is -2.05. The minimum Gasteiger partial charge on any atom is -0.428 e. The molecule has 0 spiro atoms. The number of carbonyl (C=O) groups excluding carboxylic acids is 1. The molecule has 1 heterocycles. The first kappa shape index (κ1) is 17.7. The number of carbonyl (C=O) groups is 1. The lowest BCUT2D eigenvalue weighted by Crippen LogP contribution is -1.92. The van der Waals surface area contributed by atoms with Crippen molar-refractivity contribution in [3.8, 4) is 0 Å². The van der Waals surface area contributed by atoms with E-state index in [9.17, 15) is 21.6 Å². The summed E-state index contributed by atoms with van der Waals surface area (Å²) < 4.78 is 47.3. The highest BCUT2D eigenvalue weighted by molar-refractivity contribution is 8.14. The van der Waals surface area contributed by atoms with E-state index in [1.165, 1.54) is 31.2 Å². The lowest BCUT2D eigenvalue weighted by molar-refractivity contribution is 0.101. The van der Waals surface area contributed by atoms with E-state index in [2.05, 4.69) is 9.10 Å². The van der Waals surface area contributed by atoms with Crippen molar-refractivity contribution in [1.29, 1.82) is 5.39 Å². The Morgan fingerprint density at radius 3 is 1.75 bits per heavy atom. The zero-order valence-electron chi connectivity index (χ0n) is 12.3. The second kappa shape index (κ2) is 6.48. The third-order valence-corrected chi connectivity index (χ3v) is 6.51. The first-order valence-electron chi connectivity index (χ1n) is 6.47. The molecule has 2 aromatic carbocycles. The third kappa shape index (κ3) is 3.65. The number of Topliss-reactive ketones (excluding diaryl/α,β-unsaturated/α-hetero) is 1. The van der Waals surface area contributed by atoms with Gasteiger partial charge in [0.2, 0.25) is 5.39 Å². The van der Waals surface area contributed by atoms with E-state index >= 15 is 0 Å². The standard InChI is InChI=1S/C8H7N2O.C6H4NO4S2/c1-6(11)7-2-4-8(10-9)5-3-7;8-12(9)5-3-1-2-4-6(5)13(10,11)7-12/h2-5H,1H3;1-4H/q+1;-1. The summed E-state index contributed by atoms with van der Waals surface area (Å²) in [5, 5.41) is 8.31. The number of hydrogen-bond acceptors (Lipinski definition) is 6. The molecule has 0 atom stereocenters. The van der Waals surface area contributed by atoms with Gasteiger partial charge in [0.05, 0.1) is 9.79 Å². The Hall–Kier alpha value is -2.61. The van der Waals surface area contributed by atoms with Gasteiger partial charge in [0.1, 0.15) is 20.0 Å². The highest BCUT2D eigenvalue weighted by atomic mass is 32.3. The summed E-state index contributed by atoms with van der Waals surface area (Å²) >= 11 is 0. The average Bonchev–Trinajstić information content (AvgIpc) is 2.73. The van der Waals surface area contributed by atoms with Crippen LogP contribution in [-0.4, -0.2) is 22.6 Å². The molecule has 124 valence electrons. The molecule has 0 fully saturated rings. The van der Waals surface area contributed by atoms with Crippen LogP contribution in [0.2, 0.25) is 0 Å². The predicted molar refractivity (Wildman–Crippen MR) is 85.4 cm³/mol. The molecule has 0 amide bonds. The maximum absolute atomic E-state index is 11.1. The molecular formula is C14H11N3O5S2. The topological polar surface area (TPSA) is 128 Å². The minimum absolute atomic E-state index is 0.00879.